The highest BCUT2D eigenvalue weighted by Crippen LogP contribution is 2.28. The molecule has 152 valence electrons. The number of aryl methyl sites for hydroxylation is 1. The van der Waals surface area contributed by atoms with Crippen molar-refractivity contribution in [3.05, 3.63) is 114 Å². The number of sulfonamides is 1. The predicted octanol–water partition coefficient (Wildman–Crippen LogP) is 4.56. The minimum Gasteiger partial charge on any atom is -0.236 e. The van der Waals surface area contributed by atoms with Gasteiger partial charge in [-0.1, -0.05) is 78.9 Å². The van der Waals surface area contributed by atoms with Crippen LogP contribution in [0, 0.1) is 13.8 Å². The first-order chi connectivity index (χ1) is 14.5. The zero-order valence-corrected chi connectivity index (χ0v) is 17.7. The molecule has 1 N–H and O–H groups in total. The number of benzene rings is 3. The van der Waals surface area contributed by atoms with Gasteiger partial charge in [0.25, 0.3) is 0 Å². The number of hydrogen-bond acceptors (Lipinski definition) is 3. The Bertz CT molecular complexity index is 1200. The summed E-state index contributed by atoms with van der Waals surface area (Å²) < 4.78 is 31.6. The van der Waals surface area contributed by atoms with E-state index in [2.05, 4.69) is 9.82 Å². The lowest BCUT2D eigenvalue weighted by atomic mass is 10.00. The topological polar surface area (TPSA) is 64.0 Å². The molecule has 4 aromatic rings. The first kappa shape index (κ1) is 20.1. The van der Waals surface area contributed by atoms with Gasteiger partial charge in [-0.3, -0.25) is 0 Å². The fourth-order valence-corrected chi connectivity index (χ4v) is 5.28. The highest BCUT2D eigenvalue weighted by Gasteiger charge is 2.29. The van der Waals surface area contributed by atoms with E-state index in [9.17, 15) is 8.42 Å². The van der Waals surface area contributed by atoms with Gasteiger partial charge in [-0.05, 0) is 37.1 Å². The molecule has 1 heterocycles. The third kappa shape index (κ3) is 3.92. The SMILES string of the molecule is Cc1nn(-c2ccccc2)c(C)c1S(=O)(=O)NC(c1ccccc1)c1ccccc1. The standard InChI is InChI=1S/C24H23N3O2S/c1-18-24(19(2)27(25-18)22-16-10-5-11-17-22)30(28,29)26-23(20-12-6-3-7-13-20)21-14-8-4-9-15-21/h3-17,23,26H,1-2H3. The van der Waals surface area contributed by atoms with Gasteiger partial charge in [0, 0.05) is 0 Å². The molecule has 5 nitrogen and oxygen atoms in total. The molecule has 0 aliphatic heterocycles. The highest BCUT2D eigenvalue weighted by molar-refractivity contribution is 7.89. The first-order valence-electron chi connectivity index (χ1n) is 9.71. The Morgan fingerprint density at radius 3 is 1.73 bits per heavy atom. The summed E-state index contributed by atoms with van der Waals surface area (Å²) in [6.07, 6.45) is 0. The Hall–Kier alpha value is -3.22. The third-order valence-corrected chi connectivity index (χ3v) is 6.71. The average molecular weight is 418 g/mol. The molecule has 0 fully saturated rings. The molecule has 3 aromatic carbocycles. The van der Waals surface area contributed by atoms with Gasteiger partial charge in [0.05, 0.1) is 23.1 Å². The number of aromatic nitrogens is 2. The fraction of sp³-hybridized carbons (Fsp3) is 0.125. The van der Waals surface area contributed by atoms with Crippen LogP contribution in [0.25, 0.3) is 5.69 Å². The maximum absolute atomic E-state index is 13.5. The Kier molecular flexibility index (Phi) is 5.53. The van der Waals surface area contributed by atoms with Crippen molar-refractivity contribution in [1.82, 2.24) is 14.5 Å². The molecule has 0 amide bonds. The van der Waals surface area contributed by atoms with Crippen molar-refractivity contribution in [3.8, 4) is 5.69 Å². The monoisotopic (exact) mass is 417 g/mol. The number of nitrogens with zero attached hydrogens (tertiary/aromatic N) is 2. The molecule has 0 unspecified atom stereocenters. The third-order valence-electron chi connectivity index (χ3n) is 5.03. The first-order valence-corrected chi connectivity index (χ1v) is 11.2. The van der Waals surface area contributed by atoms with Crippen molar-refractivity contribution in [2.75, 3.05) is 0 Å². The Morgan fingerprint density at radius 1 is 0.767 bits per heavy atom. The number of para-hydroxylation sites is 1. The van der Waals surface area contributed by atoms with E-state index in [4.69, 9.17) is 0 Å². The summed E-state index contributed by atoms with van der Waals surface area (Å²) in [5.74, 6) is 0. The number of rotatable bonds is 6. The highest BCUT2D eigenvalue weighted by atomic mass is 32.2. The summed E-state index contributed by atoms with van der Waals surface area (Å²) in [6, 6.07) is 28.2. The molecular weight excluding hydrogens is 394 g/mol. The zero-order valence-electron chi connectivity index (χ0n) is 16.9. The van der Waals surface area contributed by atoms with Crippen LogP contribution < -0.4 is 4.72 Å². The van der Waals surface area contributed by atoms with Crippen molar-refractivity contribution in [2.45, 2.75) is 24.8 Å². The van der Waals surface area contributed by atoms with Crippen molar-refractivity contribution in [3.63, 3.8) is 0 Å². The van der Waals surface area contributed by atoms with E-state index < -0.39 is 16.1 Å². The summed E-state index contributed by atoms with van der Waals surface area (Å²) in [7, 11) is -3.84. The van der Waals surface area contributed by atoms with E-state index in [1.807, 2.05) is 91.0 Å². The maximum Gasteiger partial charge on any atom is 0.245 e. The van der Waals surface area contributed by atoms with E-state index in [1.54, 1.807) is 18.5 Å². The van der Waals surface area contributed by atoms with Crippen LogP contribution in [-0.2, 0) is 10.0 Å². The van der Waals surface area contributed by atoms with Gasteiger partial charge < -0.3 is 0 Å². The fourth-order valence-electron chi connectivity index (χ4n) is 3.67. The molecule has 4 rings (SSSR count). The van der Waals surface area contributed by atoms with Crippen LogP contribution in [0.15, 0.2) is 95.9 Å². The molecule has 0 atom stereocenters. The molecule has 0 bridgehead atoms. The van der Waals surface area contributed by atoms with E-state index in [0.717, 1.165) is 16.8 Å². The lowest BCUT2D eigenvalue weighted by Crippen LogP contribution is -2.30. The summed E-state index contributed by atoms with van der Waals surface area (Å²) >= 11 is 0. The lowest BCUT2D eigenvalue weighted by molar-refractivity contribution is 0.571. The predicted molar refractivity (Wildman–Crippen MR) is 118 cm³/mol. The van der Waals surface area contributed by atoms with E-state index in [-0.39, 0.29) is 4.90 Å². The molecule has 30 heavy (non-hydrogen) atoms. The molecule has 0 aliphatic rings. The van der Waals surface area contributed by atoms with Gasteiger partial charge in [0.1, 0.15) is 4.90 Å². The second kappa shape index (κ2) is 8.26. The number of hydrogen-bond donors (Lipinski definition) is 1. The van der Waals surface area contributed by atoms with Crippen molar-refractivity contribution in [2.24, 2.45) is 0 Å². The van der Waals surface area contributed by atoms with Crippen LogP contribution in [0.3, 0.4) is 0 Å². The van der Waals surface area contributed by atoms with Crippen molar-refractivity contribution >= 4 is 10.0 Å². The molecule has 1 aromatic heterocycles. The zero-order chi connectivity index (χ0) is 21.1. The van der Waals surface area contributed by atoms with E-state index >= 15 is 0 Å². The normalized spacial score (nSPS) is 11.7. The van der Waals surface area contributed by atoms with Crippen LogP contribution in [0.4, 0.5) is 0 Å². The van der Waals surface area contributed by atoms with Crippen LogP contribution in [-0.4, -0.2) is 18.2 Å². The Morgan fingerprint density at radius 2 is 1.23 bits per heavy atom. The van der Waals surface area contributed by atoms with Crippen molar-refractivity contribution < 1.29 is 8.42 Å². The van der Waals surface area contributed by atoms with Gasteiger partial charge in [-0.15, -0.1) is 0 Å². The van der Waals surface area contributed by atoms with Crippen LogP contribution in [0.1, 0.15) is 28.6 Å². The van der Waals surface area contributed by atoms with Crippen LogP contribution in [0.2, 0.25) is 0 Å². The minimum atomic E-state index is -3.84. The smallest absolute Gasteiger partial charge is 0.236 e. The van der Waals surface area contributed by atoms with Crippen molar-refractivity contribution in [1.29, 1.82) is 0 Å². The second-order valence-corrected chi connectivity index (χ2v) is 8.77. The molecule has 0 spiro atoms. The van der Waals surface area contributed by atoms with Gasteiger partial charge >= 0.3 is 0 Å². The van der Waals surface area contributed by atoms with Gasteiger partial charge in [0.2, 0.25) is 10.0 Å². The second-order valence-electron chi connectivity index (χ2n) is 7.12. The molecule has 0 saturated carbocycles. The average Bonchev–Trinajstić information content (AvgIpc) is 3.08. The quantitative estimate of drug-likeness (QED) is 0.500. The van der Waals surface area contributed by atoms with Crippen LogP contribution >= 0.6 is 0 Å². The minimum absolute atomic E-state index is 0.211. The van der Waals surface area contributed by atoms with Gasteiger partial charge in [0.15, 0.2) is 0 Å². The van der Waals surface area contributed by atoms with E-state index in [1.165, 1.54) is 0 Å². The van der Waals surface area contributed by atoms with Gasteiger partial charge in [-0.2, -0.15) is 9.82 Å². The lowest BCUT2D eigenvalue weighted by Gasteiger charge is -2.20. The molecule has 0 radical (unpaired) electrons. The maximum atomic E-state index is 13.5. The summed E-state index contributed by atoms with van der Waals surface area (Å²) in [6.45, 7) is 3.50. The summed E-state index contributed by atoms with van der Waals surface area (Å²) in [5.41, 5.74) is 3.60. The Labute approximate surface area is 177 Å². The largest absolute Gasteiger partial charge is 0.245 e. The number of nitrogens with one attached hydrogen (secondary N) is 1. The Balaban J connectivity index is 1.77. The molecular formula is C24H23N3O2S. The summed E-state index contributed by atoms with van der Waals surface area (Å²) in [4.78, 5) is 0.211. The van der Waals surface area contributed by atoms with Gasteiger partial charge in [-0.25, -0.2) is 13.1 Å². The molecule has 6 heteroatoms. The molecule has 0 aliphatic carbocycles. The van der Waals surface area contributed by atoms with Crippen LogP contribution in [0.5, 0.6) is 0 Å². The molecule has 0 saturated heterocycles. The van der Waals surface area contributed by atoms with E-state index in [0.29, 0.717) is 11.4 Å². The summed E-state index contributed by atoms with van der Waals surface area (Å²) in [5, 5.41) is 4.50.